The molecule has 8 fully saturated rings. The summed E-state index contributed by atoms with van der Waals surface area (Å²) in [7, 11) is 0. The van der Waals surface area contributed by atoms with Gasteiger partial charge in [-0.2, -0.15) is 0 Å². The molecule has 2 saturated heterocycles. The van der Waals surface area contributed by atoms with Crippen molar-refractivity contribution in [2.75, 3.05) is 19.7 Å². The van der Waals surface area contributed by atoms with Crippen molar-refractivity contribution in [1.29, 1.82) is 0 Å². The van der Waals surface area contributed by atoms with Crippen molar-refractivity contribution in [2.24, 2.45) is 51.2 Å². The Morgan fingerprint density at radius 1 is 0.905 bits per heavy atom. The van der Waals surface area contributed by atoms with Crippen LogP contribution in [0.4, 0.5) is 0 Å². The first-order valence-corrected chi connectivity index (χ1v) is 17.5. The van der Waals surface area contributed by atoms with Crippen LogP contribution in [0.2, 0.25) is 0 Å². The fourth-order valence-corrected chi connectivity index (χ4v) is 12.7. The van der Waals surface area contributed by atoms with Crippen LogP contribution in [0.5, 0.6) is 0 Å². The Bertz CT molecular complexity index is 1120. The summed E-state index contributed by atoms with van der Waals surface area (Å²) in [6.45, 7) is 9.38. The highest BCUT2D eigenvalue weighted by Gasteiger charge is 2.80. The number of carbonyl (C=O) groups excluding carboxylic acids is 1. The van der Waals surface area contributed by atoms with Gasteiger partial charge < -0.3 is 24.2 Å². The van der Waals surface area contributed by atoms with E-state index in [0.29, 0.717) is 60.1 Å². The zero-order valence-corrected chi connectivity index (χ0v) is 26.2. The van der Waals surface area contributed by atoms with Crippen LogP contribution >= 0.6 is 0 Å². The van der Waals surface area contributed by atoms with Gasteiger partial charge in [-0.25, -0.2) is 0 Å². The topological polar surface area (TPSA) is 85.3 Å². The molecule has 0 radical (unpaired) electrons. The van der Waals surface area contributed by atoms with E-state index in [0.717, 1.165) is 37.5 Å². The molecule has 0 aromatic carbocycles. The molecule has 1 N–H and O–H groups in total. The molecule has 0 bridgehead atoms. The van der Waals surface area contributed by atoms with Crippen LogP contribution in [0, 0.1) is 51.2 Å². The van der Waals surface area contributed by atoms with Gasteiger partial charge in [0.25, 0.3) is 0 Å². The number of rotatable bonds is 6. The first-order chi connectivity index (χ1) is 20.1. The number of carboxylic acid groups (broad SMARTS) is 1. The third-order valence-electron chi connectivity index (χ3n) is 14.9. The van der Waals surface area contributed by atoms with Gasteiger partial charge in [0.05, 0.1) is 37.9 Å². The average molecular weight is 584 g/mol. The minimum atomic E-state index is -0.728. The monoisotopic (exact) mass is 583 g/mol. The van der Waals surface area contributed by atoms with Crippen molar-refractivity contribution < 1.29 is 28.9 Å². The lowest BCUT2D eigenvalue weighted by Gasteiger charge is -2.60. The van der Waals surface area contributed by atoms with Crippen molar-refractivity contribution in [3.8, 4) is 0 Å². The maximum atomic E-state index is 12.8. The van der Waals surface area contributed by atoms with Crippen LogP contribution in [0.15, 0.2) is 0 Å². The predicted molar refractivity (Wildman–Crippen MR) is 156 cm³/mol. The van der Waals surface area contributed by atoms with E-state index in [1.54, 1.807) is 0 Å². The van der Waals surface area contributed by atoms with E-state index >= 15 is 0 Å². The number of amides is 1. The molecule has 8 aliphatic rings. The van der Waals surface area contributed by atoms with Gasteiger partial charge in [-0.3, -0.25) is 9.59 Å². The van der Waals surface area contributed by atoms with Gasteiger partial charge in [0.1, 0.15) is 0 Å². The number of morpholine rings is 1. The lowest BCUT2D eigenvalue weighted by molar-refractivity contribution is -0.244. The van der Waals surface area contributed by atoms with Gasteiger partial charge in [-0.15, -0.1) is 0 Å². The second-order valence-electron chi connectivity index (χ2n) is 16.9. The SMILES string of the molecule is CC12CC[C@@]34C[C@@]35CC[C@H](OC3CN(C(=O)CC6CC6)CCO3)C(C)(C)C5CCC4C1CC1OC(CC(=O)O)CCC12. The van der Waals surface area contributed by atoms with Gasteiger partial charge in [0.15, 0.2) is 6.29 Å². The molecule has 6 saturated carbocycles. The second-order valence-corrected chi connectivity index (χ2v) is 16.9. The molecule has 2 heterocycles. The number of nitrogens with zero attached hydrogens (tertiary/aromatic N) is 1. The lowest BCUT2D eigenvalue weighted by Crippen LogP contribution is -2.56. The van der Waals surface area contributed by atoms with Gasteiger partial charge in [-0.1, -0.05) is 20.8 Å². The molecule has 7 heteroatoms. The molecule has 42 heavy (non-hydrogen) atoms. The summed E-state index contributed by atoms with van der Waals surface area (Å²) in [5, 5.41) is 9.37. The number of fused-ring (bicyclic) bond motifs is 4. The molecular weight excluding hydrogens is 530 g/mol. The summed E-state index contributed by atoms with van der Waals surface area (Å²) < 4.78 is 19.5. The first kappa shape index (κ1) is 28.3. The van der Waals surface area contributed by atoms with Crippen LogP contribution in [-0.2, 0) is 23.8 Å². The summed E-state index contributed by atoms with van der Waals surface area (Å²) in [4.78, 5) is 26.2. The number of hydrogen-bond donors (Lipinski definition) is 1. The number of aliphatic carboxylic acids is 1. The molecule has 2 spiro atoms. The Hall–Kier alpha value is -1.18. The largest absolute Gasteiger partial charge is 0.481 e. The Labute approximate surface area is 251 Å². The number of carbonyl (C=O) groups is 2. The third-order valence-corrected chi connectivity index (χ3v) is 14.9. The number of ether oxygens (including phenoxy) is 3. The standard InChI is InChI=1S/C35H53NO6/c1-32(2)27-9-8-23-25-18-26-24(7-6-22(41-26)17-30(38)39)33(25,3)12-13-34(23)20-35(27,34)11-10-28(32)42-31-19-36(14-15-40-31)29(37)16-21-4-5-21/h21-28,31H,4-20H2,1-3H3,(H,38,39)/t22?,23?,24?,25?,26?,27?,28-,31?,33?,34-,35+/m0/s1. The molecule has 11 atom stereocenters. The van der Waals surface area contributed by atoms with Crippen LogP contribution in [0.3, 0.4) is 0 Å². The van der Waals surface area contributed by atoms with Gasteiger partial charge in [-0.05, 0) is 128 Å². The fourth-order valence-electron chi connectivity index (χ4n) is 12.7. The van der Waals surface area contributed by atoms with E-state index in [-0.39, 0.29) is 42.3 Å². The van der Waals surface area contributed by atoms with Crippen molar-refractivity contribution in [3.63, 3.8) is 0 Å². The average Bonchev–Trinajstić information content (AvgIpc) is 3.85. The molecule has 6 aliphatic carbocycles. The summed E-state index contributed by atoms with van der Waals surface area (Å²) in [5.41, 5.74) is 1.39. The number of carboxylic acids is 1. The van der Waals surface area contributed by atoms with Gasteiger partial charge >= 0.3 is 5.97 Å². The summed E-state index contributed by atoms with van der Waals surface area (Å²) in [5.74, 6) is 2.96. The summed E-state index contributed by atoms with van der Waals surface area (Å²) in [6, 6.07) is 0. The lowest BCUT2D eigenvalue weighted by atomic mass is 9.46. The van der Waals surface area contributed by atoms with Crippen molar-refractivity contribution in [2.45, 2.75) is 135 Å². The molecule has 8 unspecified atom stereocenters. The highest BCUT2D eigenvalue weighted by molar-refractivity contribution is 5.76. The van der Waals surface area contributed by atoms with E-state index < -0.39 is 5.97 Å². The van der Waals surface area contributed by atoms with E-state index in [1.165, 1.54) is 51.4 Å². The Balaban J connectivity index is 0.955. The summed E-state index contributed by atoms with van der Waals surface area (Å²) in [6.07, 6.45) is 15.6. The second kappa shape index (κ2) is 9.66. The van der Waals surface area contributed by atoms with Crippen LogP contribution in [-0.4, -0.2) is 66.2 Å². The Morgan fingerprint density at radius 3 is 2.50 bits per heavy atom. The van der Waals surface area contributed by atoms with E-state index in [1.807, 2.05) is 4.90 Å². The third kappa shape index (κ3) is 4.14. The van der Waals surface area contributed by atoms with Gasteiger partial charge in [0, 0.05) is 13.0 Å². The van der Waals surface area contributed by atoms with Crippen LogP contribution < -0.4 is 0 Å². The zero-order valence-electron chi connectivity index (χ0n) is 26.2. The molecule has 0 aromatic rings. The minimum Gasteiger partial charge on any atom is -0.481 e. The Kier molecular flexibility index (Phi) is 6.51. The quantitative estimate of drug-likeness (QED) is 0.411. The molecule has 7 nitrogen and oxygen atoms in total. The summed E-state index contributed by atoms with van der Waals surface area (Å²) >= 11 is 0. The van der Waals surface area contributed by atoms with E-state index in [2.05, 4.69) is 20.8 Å². The molecule has 8 rings (SSSR count). The maximum absolute atomic E-state index is 12.8. The minimum absolute atomic E-state index is 0.0912. The highest BCUT2D eigenvalue weighted by Crippen LogP contribution is 2.87. The highest BCUT2D eigenvalue weighted by atomic mass is 16.7. The van der Waals surface area contributed by atoms with Crippen LogP contribution in [0.25, 0.3) is 0 Å². The van der Waals surface area contributed by atoms with Crippen molar-refractivity contribution in [1.82, 2.24) is 4.90 Å². The maximum Gasteiger partial charge on any atom is 0.305 e. The zero-order chi connectivity index (χ0) is 29.1. The van der Waals surface area contributed by atoms with Crippen molar-refractivity contribution in [3.05, 3.63) is 0 Å². The Morgan fingerprint density at radius 2 is 1.71 bits per heavy atom. The fraction of sp³-hybridized carbons (Fsp3) is 0.943. The smallest absolute Gasteiger partial charge is 0.305 e. The normalized spacial score (nSPS) is 50.5. The molecule has 0 aromatic heterocycles. The van der Waals surface area contributed by atoms with E-state index in [4.69, 9.17) is 14.2 Å². The van der Waals surface area contributed by atoms with Crippen LogP contribution in [0.1, 0.15) is 111 Å². The predicted octanol–water partition coefficient (Wildman–Crippen LogP) is 6.04. The number of hydrogen-bond acceptors (Lipinski definition) is 5. The van der Waals surface area contributed by atoms with Gasteiger partial charge in [0.2, 0.25) is 5.91 Å². The van der Waals surface area contributed by atoms with E-state index in [9.17, 15) is 14.7 Å². The first-order valence-electron chi connectivity index (χ1n) is 17.5. The molecule has 2 aliphatic heterocycles. The molecule has 1 amide bonds. The molecule has 234 valence electrons. The van der Waals surface area contributed by atoms with Crippen molar-refractivity contribution >= 4 is 11.9 Å². The molecular formula is C35H53NO6.